The van der Waals surface area contributed by atoms with E-state index >= 15 is 0 Å². The predicted molar refractivity (Wildman–Crippen MR) is 34.2 cm³/mol. The van der Waals surface area contributed by atoms with E-state index in [9.17, 15) is 13.6 Å². The lowest BCUT2D eigenvalue weighted by Gasteiger charge is -2.09. The number of halogens is 2. The summed E-state index contributed by atoms with van der Waals surface area (Å²) in [4.78, 5) is 18.2. The molecule has 5 heteroatoms. The van der Waals surface area contributed by atoms with Crippen molar-refractivity contribution in [2.45, 2.75) is 25.9 Å². The summed E-state index contributed by atoms with van der Waals surface area (Å²) < 4.78 is 28.4. The Morgan fingerprint density at radius 2 is 2.09 bits per heavy atom. The molecule has 64 valence electrons. The van der Waals surface area contributed by atoms with Gasteiger partial charge in [-0.2, -0.15) is 8.78 Å². The predicted octanol–water partition coefficient (Wildman–Crippen LogP) is 0.748. The number of rotatable bonds is 3. The first-order valence-corrected chi connectivity index (χ1v) is 2.97. The number of carbonyl (C=O) groups excluding carboxylic acids is 2. The summed E-state index contributed by atoms with van der Waals surface area (Å²) in [5, 5.41) is 0. The Morgan fingerprint density at radius 3 is 2.36 bits per heavy atom. The summed E-state index contributed by atoms with van der Waals surface area (Å²) in [7, 11) is 0. The van der Waals surface area contributed by atoms with Crippen LogP contribution in [-0.4, -0.2) is 29.1 Å². The van der Waals surface area contributed by atoms with Gasteiger partial charge in [0.05, 0.1) is 6.10 Å². The summed E-state index contributed by atoms with van der Waals surface area (Å²) >= 11 is 0. The summed E-state index contributed by atoms with van der Waals surface area (Å²) in [5.41, 5.74) is 0. The summed E-state index contributed by atoms with van der Waals surface area (Å²) in [6.45, 7) is 2.87. The Bertz CT molecular complexity index is 165. The monoisotopic (exact) mass is 167 g/mol. The molecule has 0 saturated carbocycles. The molecule has 0 fully saturated rings. The third-order valence-corrected chi connectivity index (χ3v) is 0.777. The number of aldehydes is 1. The van der Waals surface area contributed by atoms with E-state index < -0.39 is 24.3 Å². The van der Waals surface area contributed by atoms with Crippen LogP contribution in [0.5, 0.6) is 0 Å². The zero-order chi connectivity index (χ0) is 9.07. The molecule has 11 heavy (non-hydrogen) atoms. The molecule has 0 aliphatic carbocycles. The molecule has 0 aliphatic heterocycles. The highest BCUT2D eigenvalue weighted by molar-refractivity contribution is 5.94. The molecule has 0 atom stereocenters. The number of hydrogen-bond donors (Lipinski definition) is 0. The summed E-state index contributed by atoms with van der Waals surface area (Å²) in [6.07, 6.45) is -1.11. The van der Waals surface area contributed by atoms with Gasteiger partial charge < -0.3 is 4.74 Å². The quantitative estimate of drug-likeness (QED) is 0.269. The molecule has 0 aromatic heterocycles. The van der Waals surface area contributed by atoms with Gasteiger partial charge in [0, 0.05) is 0 Å². The van der Waals surface area contributed by atoms with Gasteiger partial charge in [-0.05, 0) is 13.8 Å². The normalized spacial score (nSPS) is 11.4. The standard InChI is InChI=1S/C6H8F2O3/c1-4(2)11-5(10)6(7,8)3-9/h3-4H,1-2H3/p+1. The second kappa shape index (κ2) is 3.41. The summed E-state index contributed by atoms with van der Waals surface area (Å²) in [6, 6.07) is 0. The molecular formula is C6H9F2O3+. The topological polar surface area (TPSA) is 47.7 Å². The van der Waals surface area contributed by atoms with Gasteiger partial charge >= 0.3 is 18.2 Å². The zero-order valence-electron chi connectivity index (χ0n) is 6.17. The van der Waals surface area contributed by atoms with Crippen LogP contribution in [0.15, 0.2) is 0 Å². The van der Waals surface area contributed by atoms with E-state index in [4.69, 9.17) is 4.79 Å². The molecule has 0 aromatic carbocycles. The minimum atomic E-state index is -3.90. The molecular weight excluding hydrogens is 158 g/mol. The van der Waals surface area contributed by atoms with Crippen molar-refractivity contribution in [3.8, 4) is 0 Å². The first-order chi connectivity index (χ1) is 4.90. The molecule has 0 bridgehead atoms. The lowest BCUT2D eigenvalue weighted by molar-refractivity contribution is -0.166. The van der Waals surface area contributed by atoms with E-state index in [1.54, 1.807) is 0 Å². The van der Waals surface area contributed by atoms with Gasteiger partial charge in [0.25, 0.3) is 0 Å². The van der Waals surface area contributed by atoms with E-state index in [0.717, 1.165) is 0 Å². The molecule has 0 heterocycles. The maximum atomic E-state index is 12.1. The number of alkyl halides is 2. The minimum absolute atomic E-state index is 0.488. The zero-order valence-corrected chi connectivity index (χ0v) is 6.17. The van der Waals surface area contributed by atoms with Crippen molar-refractivity contribution in [2.75, 3.05) is 0 Å². The molecule has 0 aromatic rings. The first kappa shape index (κ1) is 10.0. The highest BCUT2D eigenvalue weighted by atomic mass is 19.3. The third-order valence-electron chi connectivity index (χ3n) is 0.777. The second-order valence-electron chi connectivity index (χ2n) is 2.21. The molecule has 1 N–H and O–H groups in total. The van der Waals surface area contributed by atoms with Crippen molar-refractivity contribution in [3.05, 3.63) is 0 Å². The van der Waals surface area contributed by atoms with E-state index in [0.29, 0.717) is 0 Å². The first-order valence-electron chi connectivity index (χ1n) is 2.97. The van der Waals surface area contributed by atoms with Crippen LogP contribution in [0.4, 0.5) is 8.78 Å². The highest BCUT2D eigenvalue weighted by Crippen LogP contribution is 2.12. The lowest BCUT2D eigenvalue weighted by atomic mass is 10.4. The lowest BCUT2D eigenvalue weighted by Crippen LogP contribution is -2.34. The SMILES string of the molecule is CC(C)OC(=O)C(F)(F)C=[OH+]. The van der Waals surface area contributed by atoms with Gasteiger partial charge in [0.2, 0.25) is 0 Å². The Hall–Kier alpha value is -1.00. The Balaban J connectivity index is 4.13. The maximum absolute atomic E-state index is 12.1. The van der Waals surface area contributed by atoms with Crippen molar-refractivity contribution < 1.29 is 23.1 Å². The molecule has 0 unspecified atom stereocenters. The van der Waals surface area contributed by atoms with E-state index in [1.165, 1.54) is 13.8 Å². The third kappa shape index (κ3) is 3.06. The van der Waals surface area contributed by atoms with Crippen molar-refractivity contribution in [2.24, 2.45) is 0 Å². The fraction of sp³-hybridized carbons (Fsp3) is 0.667. The Labute approximate surface area is 62.3 Å². The van der Waals surface area contributed by atoms with Crippen LogP contribution in [0.1, 0.15) is 13.8 Å². The minimum Gasteiger partial charge on any atom is -0.458 e. The summed E-state index contributed by atoms with van der Waals surface area (Å²) in [5.74, 6) is -5.64. The highest BCUT2D eigenvalue weighted by Gasteiger charge is 2.45. The van der Waals surface area contributed by atoms with Crippen LogP contribution < -0.4 is 0 Å². The number of esters is 1. The fourth-order valence-corrected chi connectivity index (χ4v) is 0.345. The van der Waals surface area contributed by atoms with Gasteiger partial charge in [0.15, 0.2) is 0 Å². The van der Waals surface area contributed by atoms with Crippen LogP contribution in [0, 0.1) is 0 Å². The number of hydrogen-bond acceptors (Lipinski definition) is 2. The van der Waals surface area contributed by atoms with Crippen LogP contribution in [0.2, 0.25) is 0 Å². The van der Waals surface area contributed by atoms with E-state index in [2.05, 4.69) is 4.74 Å². The van der Waals surface area contributed by atoms with Crippen LogP contribution in [-0.2, 0) is 9.53 Å². The largest absolute Gasteiger partial charge is 0.458 e. The van der Waals surface area contributed by atoms with E-state index in [1.807, 2.05) is 0 Å². The van der Waals surface area contributed by atoms with Gasteiger partial charge in [-0.25, -0.2) is 4.79 Å². The molecule has 0 aliphatic rings. The van der Waals surface area contributed by atoms with Gasteiger partial charge in [-0.3, -0.25) is 4.79 Å². The van der Waals surface area contributed by atoms with Crippen LogP contribution in [0.25, 0.3) is 0 Å². The Kier molecular flexibility index (Phi) is 3.10. The van der Waals surface area contributed by atoms with Gasteiger partial charge in [-0.15, -0.1) is 0 Å². The number of carbonyl (C=O) groups is 1. The van der Waals surface area contributed by atoms with Crippen molar-refractivity contribution in [1.29, 1.82) is 0 Å². The van der Waals surface area contributed by atoms with Crippen molar-refractivity contribution in [1.82, 2.24) is 0 Å². The molecule has 0 rings (SSSR count). The molecule has 0 amide bonds. The fourth-order valence-electron chi connectivity index (χ4n) is 0.345. The smallest absolute Gasteiger partial charge is 0.447 e. The average Bonchev–Trinajstić information content (AvgIpc) is 1.86. The molecule has 0 spiro atoms. The number of ether oxygens (including phenoxy) is 1. The maximum Gasteiger partial charge on any atom is 0.447 e. The average molecular weight is 167 g/mol. The second-order valence-corrected chi connectivity index (χ2v) is 2.21. The Morgan fingerprint density at radius 1 is 1.64 bits per heavy atom. The molecule has 0 radical (unpaired) electrons. The molecule has 0 saturated heterocycles. The van der Waals surface area contributed by atoms with Crippen LogP contribution in [0.3, 0.4) is 0 Å². The van der Waals surface area contributed by atoms with E-state index in [-0.39, 0.29) is 0 Å². The molecule has 3 nitrogen and oxygen atoms in total. The van der Waals surface area contributed by atoms with Crippen molar-refractivity contribution in [3.63, 3.8) is 0 Å². The van der Waals surface area contributed by atoms with Crippen LogP contribution >= 0.6 is 0 Å². The van der Waals surface area contributed by atoms with Crippen molar-refractivity contribution >= 4 is 12.3 Å². The van der Waals surface area contributed by atoms with Gasteiger partial charge in [0.1, 0.15) is 0 Å². The van der Waals surface area contributed by atoms with Gasteiger partial charge in [-0.1, -0.05) is 0 Å².